The lowest BCUT2D eigenvalue weighted by Crippen LogP contribution is -2.53. The molecule has 0 spiro atoms. The second-order valence-electron chi connectivity index (χ2n) is 6.60. The standard InChI is InChI=1S/C14H28N2O/c1-14(2)10-15-7-6-13(14)16-9-11-4-3-5-12(17)8-11/h11-13,15-17H,3-10H2,1-2H3. The van der Waals surface area contributed by atoms with E-state index in [0.717, 1.165) is 32.5 Å². The average Bonchev–Trinajstić information content (AvgIpc) is 2.27. The third-order valence-corrected chi connectivity index (χ3v) is 4.54. The van der Waals surface area contributed by atoms with Gasteiger partial charge in [-0.2, -0.15) is 0 Å². The van der Waals surface area contributed by atoms with Gasteiger partial charge in [-0.1, -0.05) is 20.3 Å². The molecule has 3 heteroatoms. The van der Waals surface area contributed by atoms with Crippen molar-refractivity contribution in [1.82, 2.24) is 10.6 Å². The van der Waals surface area contributed by atoms with E-state index in [1.54, 1.807) is 0 Å². The summed E-state index contributed by atoms with van der Waals surface area (Å²) in [6.45, 7) is 8.01. The van der Waals surface area contributed by atoms with E-state index in [-0.39, 0.29) is 6.10 Å². The van der Waals surface area contributed by atoms with Crippen molar-refractivity contribution in [2.24, 2.45) is 11.3 Å². The Morgan fingerprint density at radius 1 is 1.29 bits per heavy atom. The zero-order valence-electron chi connectivity index (χ0n) is 11.3. The molecule has 3 unspecified atom stereocenters. The maximum absolute atomic E-state index is 9.68. The van der Waals surface area contributed by atoms with E-state index in [2.05, 4.69) is 24.5 Å². The maximum Gasteiger partial charge on any atom is 0.0543 e. The molecule has 1 saturated heterocycles. The van der Waals surface area contributed by atoms with Gasteiger partial charge >= 0.3 is 0 Å². The van der Waals surface area contributed by atoms with Gasteiger partial charge in [-0.25, -0.2) is 0 Å². The molecule has 0 aromatic heterocycles. The Kier molecular flexibility index (Phi) is 4.45. The highest BCUT2D eigenvalue weighted by Crippen LogP contribution is 2.27. The minimum atomic E-state index is -0.0448. The first-order valence-electron chi connectivity index (χ1n) is 7.20. The highest BCUT2D eigenvalue weighted by atomic mass is 16.3. The van der Waals surface area contributed by atoms with Crippen molar-refractivity contribution >= 4 is 0 Å². The summed E-state index contributed by atoms with van der Waals surface area (Å²) in [4.78, 5) is 0. The van der Waals surface area contributed by atoms with Crippen molar-refractivity contribution in [3.8, 4) is 0 Å². The largest absolute Gasteiger partial charge is 0.393 e. The third-order valence-electron chi connectivity index (χ3n) is 4.54. The van der Waals surface area contributed by atoms with E-state index in [1.807, 2.05) is 0 Å². The van der Waals surface area contributed by atoms with Crippen molar-refractivity contribution < 1.29 is 5.11 Å². The first-order chi connectivity index (χ1) is 8.08. The highest BCUT2D eigenvalue weighted by molar-refractivity contribution is 4.91. The zero-order chi connectivity index (χ0) is 12.3. The maximum atomic E-state index is 9.68. The van der Waals surface area contributed by atoms with Crippen LogP contribution in [0.4, 0.5) is 0 Å². The molecule has 1 saturated carbocycles. The van der Waals surface area contributed by atoms with E-state index < -0.39 is 0 Å². The predicted molar refractivity (Wildman–Crippen MR) is 71.0 cm³/mol. The summed E-state index contributed by atoms with van der Waals surface area (Å²) in [6, 6.07) is 0.628. The SMILES string of the molecule is CC1(C)CNCCC1NCC1CCCC(O)C1. The van der Waals surface area contributed by atoms with E-state index in [1.165, 1.54) is 19.3 Å². The van der Waals surface area contributed by atoms with Crippen molar-refractivity contribution in [2.45, 2.75) is 58.1 Å². The summed E-state index contributed by atoms with van der Waals surface area (Å²) >= 11 is 0. The predicted octanol–water partition coefficient (Wildman–Crippen LogP) is 1.52. The molecule has 100 valence electrons. The normalized spacial score (nSPS) is 37.9. The van der Waals surface area contributed by atoms with Crippen LogP contribution in [0.1, 0.15) is 46.0 Å². The highest BCUT2D eigenvalue weighted by Gasteiger charge is 2.32. The van der Waals surface area contributed by atoms with Crippen LogP contribution in [0.2, 0.25) is 0 Å². The number of hydrogen-bond acceptors (Lipinski definition) is 3. The molecule has 3 N–H and O–H groups in total. The molecule has 1 aliphatic heterocycles. The van der Waals surface area contributed by atoms with Crippen LogP contribution in [-0.2, 0) is 0 Å². The molecule has 2 rings (SSSR count). The fourth-order valence-corrected chi connectivity index (χ4v) is 3.31. The minimum absolute atomic E-state index is 0.0448. The van der Waals surface area contributed by atoms with Gasteiger partial charge in [0.25, 0.3) is 0 Å². The van der Waals surface area contributed by atoms with Gasteiger partial charge in [0.05, 0.1) is 6.10 Å². The first kappa shape index (κ1) is 13.3. The minimum Gasteiger partial charge on any atom is -0.393 e. The molecule has 2 aliphatic rings. The van der Waals surface area contributed by atoms with Crippen LogP contribution in [0.25, 0.3) is 0 Å². The summed E-state index contributed by atoms with van der Waals surface area (Å²) in [5.74, 6) is 0.685. The molecule has 3 atom stereocenters. The van der Waals surface area contributed by atoms with Crippen molar-refractivity contribution in [1.29, 1.82) is 0 Å². The number of aliphatic hydroxyl groups excluding tert-OH is 1. The van der Waals surface area contributed by atoms with Gasteiger partial charge in [-0.05, 0) is 50.1 Å². The molecule has 17 heavy (non-hydrogen) atoms. The lowest BCUT2D eigenvalue weighted by molar-refractivity contribution is 0.0944. The van der Waals surface area contributed by atoms with Crippen molar-refractivity contribution in [2.75, 3.05) is 19.6 Å². The second-order valence-corrected chi connectivity index (χ2v) is 6.60. The molecule has 0 bridgehead atoms. The first-order valence-corrected chi connectivity index (χ1v) is 7.20. The zero-order valence-corrected chi connectivity index (χ0v) is 11.3. The van der Waals surface area contributed by atoms with Gasteiger partial charge in [0.15, 0.2) is 0 Å². The summed E-state index contributed by atoms with van der Waals surface area (Å²) in [6.07, 6.45) is 5.67. The van der Waals surface area contributed by atoms with Crippen molar-refractivity contribution in [3.63, 3.8) is 0 Å². The lowest BCUT2D eigenvalue weighted by atomic mass is 9.79. The van der Waals surface area contributed by atoms with Crippen LogP contribution in [0.3, 0.4) is 0 Å². The van der Waals surface area contributed by atoms with Crippen molar-refractivity contribution in [3.05, 3.63) is 0 Å². The Labute approximate surface area is 105 Å². The van der Waals surface area contributed by atoms with Gasteiger partial charge < -0.3 is 15.7 Å². The fraction of sp³-hybridized carbons (Fsp3) is 1.00. The Morgan fingerprint density at radius 3 is 2.82 bits per heavy atom. The Morgan fingerprint density at radius 2 is 2.12 bits per heavy atom. The summed E-state index contributed by atoms with van der Waals surface area (Å²) in [5, 5.41) is 16.9. The lowest BCUT2D eigenvalue weighted by Gasteiger charge is -2.40. The van der Waals surface area contributed by atoms with Gasteiger partial charge in [-0.15, -0.1) is 0 Å². The molecule has 0 amide bonds. The molecular weight excluding hydrogens is 212 g/mol. The van der Waals surface area contributed by atoms with Crippen LogP contribution < -0.4 is 10.6 Å². The van der Waals surface area contributed by atoms with Crippen LogP contribution >= 0.6 is 0 Å². The monoisotopic (exact) mass is 240 g/mol. The smallest absolute Gasteiger partial charge is 0.0543 e. The molecule has 0 aromatic rings. The van der Waals surface area contributed by atoms with Crippen LogP contribution in [0.15, 0.2) is 0 Å². The number of aliphatic hydroxyl groups is 1. The molecule has 3 nitrogen and oxygen atoms in total. The Hall–Kier alpha value is -0.120. The van der Waals surface area contributed by atoms with Crippen LogP contribution in [0.5, 0.6) is 0 Å². The second kappa shape index (κ2) is 5.68. The Balaban J connectivity index is 1.76. The van der Waals surface area contributed by atoms with Gasteiger partial charge in [-0.3, -0.25) is 0 Å². The fourth-order valence-electron chi connectivity index (χ4n) is 3.31. The van der Waals surface area contributed by atoms with Crippen LogP contribution in [0, 0.1) is 11.3 Å². The van der Waals surface area contributed by atoms with E-state index >= 15 is 0 Å². The number of nitrogens with one attached hydrogen (secondary N) is 2. The number of piperidine rings is 1. The van der Waals surface area contributed by atoms with Gasteiger partial charge in [0, 0.05) is 12.6 Å². The van der Waals surface area contributed by atoms with Gasteiger partial charge in [0.1, 0.15) is 0 Å². The van der Waals surface area contributed by atoms with Crippen LogP contribution in [-0.4, -0.2) is 36.9 Å². The number of hydrogen-bond donors (Lipinski definition) is 3. The van der Waals surface area contributed by atoms with E-state index in [4.69, 9.17) is 0 Å². The quantitative estimate of drug-likeness (QED) is 0.701. The topological polar surface area (TPSA) is 44.3 Å². The molecule has 0 radical (unpaired) electrons. The molecule has 0 aromatic carbocycles. The van der Waals surface area contributed by atoms with E-state index in [9.17, 15) is 5.11 Å². The average molecular weight is 240 g/mol. The molecule has 1 heterocycles. The van der Waals surface area contributed by atoms with Gasteiger partial charge in [0.2, 0.25) is 0 Å². The molecule has 1 aliphatic carbocycles. The third kappa shape index (κ3) is 3.67. The summed E-state index contributed by atoms with van der Waals surface area (Å²) in [7, 11) is 0. The summed E-state index contributed by atoms with van der Waals surface area (Å²) < 4.78 is 0. The Bertz CT molecular complexity index is 242. The number of rotatable bonds is 3. The summed E-state index contributed by atoms with van der Waals surface area (Å²) in [5.41, 5.74) is 0.353. The molecular formula is C14H28N2O. The molecule has 2 fully saturated rings. The van der Waals surface area contributed by atoms with E-state index in [0.29, 0.717) is 17.4 Å².